The molecule has 0 radical (unpaired) electrons. The SMILES string of the molecule is CC(=O)Sc1ccc(C#Cc2cccc(-c3cc(-c4cccc(C#Cc5ccc(SC(C)=O)cc5)c4)c(C#Cc4ccccc4)cc3C#Cc3ccccc3)c2)cc1. The smallest absolute Gasteiger partial charge is 0.190 e. The second-order valence-electron chi connectivity index (χ2n) is 13.1. The standard InChI is InChI=1S/C54H34O2S2/c1-39(55)57-51-31-25-43(26-32-51)19-21-45-15-9-17-47(35-45)53-38-54(48-18-10-16-46(36-48)22-20-44-27-33-52(34-28-44)58-40(2)56)50(30-24-42-13-7-4-8-14-42)37-49(53)29-23-41-11-5-3-6-12-41/h3-18,25-28,31-38H,1-2H3. The number of benzene rings is 7. The molecule has 274 valence electrons. The van der Waals surface area contributed by atoms with Crippen LogP contribution < -0.4 is 0 Å². The summed E-state index contributed by atoms with van der Waals surface area (Å²) in [4.78, 5) is 24.9. The van der Waals surface area contributed by atoms with E-state index in [0.29, 0.717) is 0 Å². The summed E-state index contributed by atoms with van der Waals surface area (Å²) < 4.78 is 0. The van der Waals surface area contributed by atoms with Crippen molar-refractivity contribution >= 4 is 33.8 Å². The maximum absolute atomic E-state index is 11.5. The number of rotatable bonds is 4. The largest absolute Gasteiger partial charge is 0.287 e. The van der Waals surface area contributed by atoms with Gasteiger partial charge in [0.1, 0.15) is 0 Å². The summed E-state index contributed by atoms with van der Waals surface area (Å²) in [5.74, 6) is 27.0. The Hall–Kier alpha value is -7.18. The highest BCUT2D eigenvalue weighted by Crippen LogP contribution is 2.34. The molecule has 2 nitrogen and oxygen atoms in total. The van der Waals surface area contributed by atoms with Crippen LogP contribution in [0, 0.1) is 47.4 Å². The lowest BCUT2D eigenvalue weighted by Gasteiger charge is -2.13. The third-order valence-electron chi connectivity index (χ3n) is 8.67. The minimum atomic E-state index is 0.0497. The summed E-state index contributed by atoms with van der Waals surface area (Å²) in [5, 5.41) is 0.0994. The number of hydrogen-bond acceptors (Lipinski definition) is 4. The molecule has 0 amide bonds. The average molecular weight is 779 g/mol. The Kier molecular flexibility index (Phi) is 12.9. The van der Waals surface area contributed by atoms with Crippen LogP contribution in [0.25, 0.3) is 22.3 Å². The highest BCUT2D eigenvalue weighted by molar-refractivity contribution is 8.13. The van der Waals surface area contributed by atoms with Crippen molar-refractivity contribution in [2.24, 2.45) is 0 Å². The van der Waals surface area contributed by atoms with Crippen LogP contribution in [0.3, 0.4) is 0 Å². The molecule has 4 heteroatoms. The van der Waals surface area contributed by atoms with Gasteiger partial charge in [-0.05, 0) is 131 Å². The van der Waals surface area contributed by atoms with Crippen molar-refractivity contribution in [1.29, 1.82) is 0 Å². The summed E-state index contributed by atoms with van der Waals surface area (Å²) in [7, 11) is 0. The van der Waals surface area contributed by atoms with Gasteiger partial charge in [0, 0.05) is 68.1 Å². The van der Waals surface area contributed by atoms with Gasteiger partial charge in [-0.15, -0.1) is 0 Å². The topological polar surface area (TPSA) is 34.1 Å². The van der Waals surface area contributed by atoms with Crippen molar-refractivity contribution < 1.29 is 9.59 Å². The first-order chi connectivity index (χ1) is 28.3. The van der Waals surface area contributed by atoms with Gasteiger partial charge in [0.05, 0.1) is 0 Å². The minimum Gasteiger partial charge on any atom is -0.287 e. The zero-order valence-electron chi connectivity index (χ0n) is 31.8. The van der Waals surface area contributed by atoms with Crippen LogP contribution in [0.5, 0.6) is 0 Å². The summed E-state index contributed by atoms with van der Waals surface area (Å²) in [5.41, 5.74) is 10.8. The van der Waals surface area contributed by atoms with Crippen LogP contribution in [0.15, 0.2) is 180 Å². The second-order valence-corrected chi connectivity index (χ2v) is 15.6. The van der Waals surface area contributed by atoms with E-state index in [4.69, 9.17) is 0 Å². The molecule has 7 aromatic carbocycles. The normalized spacial score (nSPS) is 9.97. The van der Waals surface area contributed by atoms with E-state index in [1.54, 1.807) is 13.8 Å². The molecule has 0 spiro atoms. The van der Waals surface area contributed by atoms with Crippen molar-refractivity contribution in [2.75, 3.05) is 0 Å². The molecule has 58 heavy (non-hydrogen) atoms. The lowest BCUT2D eigenvalue weighted by Crippen LogP contribution is -1.94. The molecule has 0 N–H and O–H groups in total. The Morgan fingerprint density at radius 3 is 1.09 bits per heavy atom. The monoisotopic (exact) mass is 778 g/mol. The van der Waals surface area contributed by atoms with E-state index < -0.39 is 0 Å². The average Bonchev–Trinajstić information content (AvgIpc) is 3.25. The van der Waals surface area contributed by atoms with Gasteiger partial charge in [-0.25, -0.2) is 0 Å². The van der Waals surface area contributed by atoms with Crippen molar-refractivity contribution in [2.45, 2.75) is 23.6 Å². The molecule has 0 unspecified atom stereocenters. The van der Waals surface area contributed by atoms with E-state index in [2.05, 4.69) is 83.8 Å². The van der Waals surface area contributed by atoms with Crippen molar-refractivity contribution in [3.63, 3.8) is 0 Å². The lowest BCUT2D eigenvalue weighted by atomic mass is 9.89. The molecule has 0 fully saturated rings. The number of hydrogen-bond donors (Lipinski definition) is 0. The van der Waals surface area contributed by atoms with E-state index in [1.165, 1.54) is 23.5 Å². The fraction of sp³-hybridized carbons (Fsp3) is 0.0370. The fourth-order valence-corrected chi connectivity index (χ4v) is 7.18. The summed E-state index contributed by atoms with van der Waals surface area (Å²) >= 11 is 2.42. The van der Waals surface area contributed by atoms with Crippen LogP contribution in [0.4, 0.5) is 0 Å². The Labute approximate surface area is 349 Å². The van der Waals surface area contributed by atoms with Gasteiger partial charge >= 0.3 is 0 Å². The molecular formula is C54H34O2S2. The predicted octanol–water partition coefficient (Wildman–Crippen LogP) is 11.9. The van der Waals surface area contributed by atoms with Gasteiger partial charge in [-0.3, -0.25) is 9.59 Å². The highest BCUT2D eigenvalue weighted by Gasteiger charge is 2.13. The van der Waals surface area contributed by atoms with Crippen molar-refractivity contribution in [1.82, 2.24) is 0 Å². The van der Waals surface area contributed by atoms with Crippen LogP contribution in [0.2, 0.25) is 0 Å². The molecule has 0 aliphatic rings. The van der Waals surface area contributed by atoms with Gasteiger partial charge in [-0.1, -0.05) is 132 Å². The van der Waals surface area contributed by atoms with E-state index in [9.17, 15) is 9.59 Å². The summed E-state index contributed by atoms with van der Waals surface area (Å²) in [6.07, 6.45) is 0. The Morgan fingerprint density at radius 1 is 0.345 bits per heavy atom. The molecule has 7 aromatic rings. The molecular weight excluding hydrogens is 745 g/mol. The maximum Gasteiger partial charge on any atom is 0.190 e. The minimum absolute atomic E-state index is 0.0497. The first-order valence-corrected chi connectivity index (χ1v) is 20.1. The Balaban J connectivity index is 1.33. The summed E-state index contributed by atoms with van der Waals surface area (Å²) in [6.45, 7) is 3.12. The first-order valence-electron chi connectivity index (χ1n) is 18.5. The van der Waals surface area contributed by atoms with Crippen molar-refractivity contribution in [3.05, 3.63) is 214 Å². The molecule has 0 heterocycles. The van der Waals surface area contributed by atoms with Gasteiger partial charge in [0.2, 0.25) is 0 Å². The quantitative estimate of drug-likeness (QED) is 0.132. The lowest BCUT2D eigenvalue weighted by molar-refractivity contribution is -0.109. The zero-order chi connectivity index (χ0) is 40.1. The molecule has 0 saturated carbocycles. The number of carbonyl (C=O) groups is 2. The van der Waals surface area contributed by atoms with Gasteiger partial charge < -0.3 is 0 Å². The molecule has 0 bridgehead atoms. The van der Waals surface area contributed by atoms with Gasteiger partial charge in [0.25, 0.3) is 0 Å². The van der Waals surface area contributed by atoms with E-state index in [-0.39, 0.29) is 10.2 Å². The van der Waals surface area contributed by atoms with Crippen LogP contribution in [-0.2, 0) is 9.59 Å². The van der Waals surface area contributed by atoms with Crippen LogP contribution >= 0.6 is 23.5 Å². The molecule has 0 aliphatic carbocycles. The fourth-order valence-electron chi connectivity index (χ4n) is 5.97. The third-order valence-corrected chi connectivity index (χ3v) is 10.3. The first kappa shape index (κ1) is 39.1. The third kappa shape index (κ3) is 11.0. The predicted molar refractivity (Wildman–Crippen MR) is 240 cm³/mol. The van der Waals surface area contributed by atoms with Gasteiger partial charge in [0.15, 0.2) is 10.2 Å². The molecule has 0 atom stereocenters. The van der Waals surface area contributed by atoms with Crippen LogP contribution in [0.1, 0.15) is 58.4 Å². The zero-order valence-corrected chi connectivity index (χ0v) is 33.4. The summed E-state index contributed by atoms with van der Waals surface area (Å²) in [6, 6.07) is 56.0. The van der Waals surface area contributed by atoms with E-state index >= 15 is 0 Å². The van der Waals surface area contributed by atoms with Gasteiger partial charge in [-0.2, -0.15) is 0 Å². The van der Waals surface area contributed by atoms with E-state index in [1.807, 2.05) is 133 Å². The Bertz CT molecular complexity index is 2680. The molecule has 7 rings (SSSR count). The maximum atomic E-state index is 11.5. The number of thioether (sulfide) groups is 2. The second kappa shape index (κ2) is 19.1. The van der Waals surface area contributed by atoms with Crippen molar-refractivity contribution in [3.8, 4) is 69.6 Å². The highest BCUT2D eigenvalue weighted by atomic mass is 32.2. The molecule has 0 aromatic heterocycles. The van der Waals surface area contributed by atoms with E-state index in [0.717, 1.165) is 76.6 Å². The van der Waals surface area contributed by atoms with Crippen LogP contribution in [-0.4, -0.2) is 10.2 Å². The number of carbonyl (C=O) groups excluding carboxylic acids is 2. The molecule has 0 saturated heterocycles. The molecule has 0 aliphatic heterocycles. The Morgan fingerprint density at radius 2 is 0.690 bits per heavy atom.